The number of benzene rings is 2. The molecule has 0 atom stereocenters. The molecule has 1 aliphatic rings. The van der Waals surface area contributed by atoms with Crippen LogP contribution in [0.15, 0.2) is 59.6 Å². The van der Waals surface area contributed by atoms with E-state index in [9.17, 15) is 0 Å². The molecule has 0 amide bonds. The Balaban J connectivity index is 0.00000363. The zero-order valence-electron chi connectivity index (χ0n) is 19.3. The molecule has 0 bridgehead atoms. The average molecular weight is 553 g/mol. The first-order valence-electron chi connectivity index (χ1n) is 11.2. The van der Waals surface area contributed by atoms with Gasteiger partial charge >= 0.3 is 0 Å². The topological polar surface area (TPSA) is 58.1 Å². The number of piperidine rings is 1. The summed E-state index contributed by atoms with van der Waals surface area (Å²) in [5.41, 5.74) is 2.55. The van der Waals surface area contributed by atoms with Crippen molar-refractivity contribution in [2.24, 2.45) is 4.99 Å². The van der Waals surface area contributed by atoms with Crippen LogP contribution in [0, 0.1) is 0 Å². The molecule has 0 spiro atoms. The second-order valence-electron chi connectivity index (χ2n) is 7.89. The minimum Gasteiger partial charge on any atom is -0.497 e. The quantitative estimate of drug-likeness (QED) is 0.202. The van der Waals surface area contributed by atoms with Gasteiger partial charge in [-0.1, -0.05) is 42.5 Å². The highest BCUT2D eigenvalue weighted by Crippen LogP contribution is 2.16. The molecule has 7 heteroatoms. The molecule has 2 aromatic rings. The summed E-state index contributed by atoms with van der Waals surface area (Å²) in [6, 6.07) is 18.7. The lowest BCUT2D eigenvalue weighted by atomic mass is 10.1. The minimum absolute atomic E-state index is 0. The van der Waals surface area contributed by atoms with Crippen molar-refractivity contribution in [3.8, 4) is 5.75 Å². The molecular formula is C25H37IN4O2. The maximum atomic E-state index is 6.11. The second-order valence-corrected chi connectivity index (χ2v) is 7.89. The van der Waals surface area contributed by atoms with Gasteiger partial charge in [-0.2, -0.15) is 0 Å². The summed E-state index contributed by atoms with van der Waals surface area (Å²) in [6.45, 7) is 5.58. The molecule has 3 rings (SSSR count). The highest BCUT2D eigenvalue weighted by atomic mass is 127. The molecule has 0 saturated carbocycles. The third kappa shape index (κ3) is 9.34. The van der Waals surface area contributed by atoms with E-state index in [1.165, 1.54) is 5.56 Å². The van der Waals surface area contributed by atoms with Gasteiger partial charge < -0.3 is 20.1 Å². The third-order valence-electron chi connectivity index (χ3n) is 5.57. The SMILES string of the molecule is CN=C(NCCCOC1CCN(Cc2ccccc2)CC1)NCc1cccc(OC)c1.I. The molecule has 176 valence electrons. The van der Waals surface area contributed by atoms with Crippen LogP contribution in [0.25, 0.3) is 0 Å². The van der Waals surface area contributed by atoms with Crippen molar-refractivity contribution in [3.63, 3.8) is 0 Å². The molecule has 1 heterocycles. The summed E-state index contributed by atoms with van der Waals surface area (Å²) in [5, 5.41) is 6.70. The predicted octanol–water partition coefficient (Wildman–Crippen LogP) is 4.05. The molecule has 2 aromatic carbocycles. The maximum absolute atomic E-state index is 6.11. The maximum Gasteiger partial charge on any atom is 0.191 e. The summed E-state index contributed by atoms with van der Waals surface area (Å²) < 4.78 is 11.4. The van der Waals surface area contributed by atoms with Crippen molar-refractivity contribution in [3.05, 3.63) is 65.7 Å². The van der Waals surface area contributed by atoms with Crippen LogP contribution in [0.2, 0.25) is 0 Å². The standard InChI is InChI=1S/C25H36N4O2.HI/c1-26-25(28-19-22-10-6-11-24(18-22)30-2)27-14-7-17-31-23-12-15-29(16-13-23)20-21-8-4-3-5-9-21;/h3-6,8-11,18,23H,7,12-17,19-20H2,1-2H3,(H2,26,27,28);1H. The summed E-state index contributed by atoms with van der Waals surface area (Å²) in [6.07, 6.45) is 3.58. The zero-order chi connectivity index (χ0) is 21.7. The Labute approximate surface area is 209 Å². The smallest absolute Gasteiger partial charge is 0.191 e. The van der Waals surface area contributed by atoms with E-state index < -0.39 is 0 Å². The second kappa shape index (κ2) is 15.1. The van der Waals surface area contributed by atoms with Gasteiger partial charge in [0.05, 0.1) is 13.2 Å². The number of halogens is 1. The van der Waals surface area contributed by atoms with Crippen LogP contribution < -0.4 is 15.4 Å². The van der Waals surface area contributed by atoms with Gasteiger partial charge in [-0.3, -0.25) is 9.89 Å². The van der Waals surface area contributed by atoms with Crippen LogP contribution in [0.3, 0.4) is 0 Å². The highest BCUT2D eigenvalue weighted by Gasteiger charge is 2.19. The number of guanidine groups is 1. The Morgan fingerprint density at radius 1 is 1.03 bits per heavy atom. The number of nitrogens with one attached hydrogen (secondary N) is 2. The Morgan fingerprint density at radius 2 is 1.78 bits per heavy atom. The lowest BCUT2D eigenvalue weighted by Crippen LogP contribution is -2.38. The number of hydrogen-bond acceptors (Lipinski definition) is 4. The first-order chi connectivity index (χ1) is 15.3. The Hall–Kier alpha value is -1.84. The molecule has 1 aliphatic heterocycles. The number of hydrogen-bond donors (Lipinski definition) is 2. The summed E-state index contributed by atoms with van der Waals surface area (Å²) in [5.74, 6) is 1.67. The lowest BCUT2D eigenvalue weighted by Gasteiger charge is -2.32. The number of ether oxygens (including phenoxy) is 2. The summed E-state index contributed by atoms with van der Waals surface area (Å²) >= 11 is 0. The molecule has 2 N–H and O–H groups in total. The molecular weight excluding hydrogens is 515 g/mol. The van der Waals surface area contributed by atoms with Crippen molar-refractivity contribution < 1.29 is 9.47 Å². The highest BCUT2D eigenvalue weighted by molar-refractivity contribution is 14.0. The summed E-state index contributed by atoms with van der Waals surface area (Å²) in [7, 11) is 3.48. The molecule has 32 heavy (non-hydrogen) atoms. The van der Waals surface area contributed by atoms with Crippen LogP contribution >= 0.6 is 24.0 Å². The van der Waals surface area contributed by atoms with E-state index in [1.54, 1.807) is 14.2 Å². The number of likely N-dealkylation sites (tertiary alicyclic amines) is 1. The van der Waals surface area contributed by atoms with E-state index in [1.807, 2.05) is 18.2 Å². The number of rotatable bonds is 10. The van der Waals surface area contributed by atoms with Gasteiger partial charge in [0.15, 0.2) is 5.96 Å². The molecule has 6 nitrogen and oxygen atoms in total. The monoisotopic (exact) mass is 552 g/mol. The Bertz CT molecular complexity index is 796. The fraction of sp³-hybridized carbons (Fsp3) is 0.480. The van der Waals surface area contributed by atoms with Crippen LogP contribution in [-0.2, 0) is 17.8 Å². The fourth-order valence-corrected chi connectivity index (χ4v) is 3.79. The van der Waals surface area contributed by atoms with E-state index in [-0.39, 0.29) is 24.0 Å². The first-order valence-corrected chi connectivity index (χ1v) is 11.2. The predicted molar refractivity (Wildman–Crippen MR) is 142 cm³/mol. The summed E-state index contributed by atoms with van der Waals surface area (Å²) in [4.78, 5) is 6.82. The van der Waals surface area contributed by atoms with Gasteiger partial charge in [0, 0.05) is 46.4 Å². The molecule has 0 aliphatic carbocycles. The van der Waals surface area contributed by atoms with Gasteiger partial charge in [0.25, 0.3) is 0 Å². The fourth-order valence-electron chi connectivity index (χ4n) is 3.79. The number of aliphatic imine (C=N–C) groups is 1. The van der Waals surface area contributed by atoms with E-state index in [2.05, 4.69) is 56.9 Å². The average Bonchev–Trinajstić information content (AvgIpc) is 2.82. The number of nitrogens with zero attached hydrogens (tertiary/aromatic N) is 2. The zero-order valence-corrected chi connectivity index (χ0v) is 21.6. The molecule has 0 unspecified atom stereocenters. The van der Waals surface area contributed by atoms with E-state index in [0.717, 1.165) is 69.3 Å². The van der Waals surface area contributed by atoms with E-state index in [0.29, 0.717) is 12.6 Å². The van der Waals surface area contributed by atoms with E-state index >= 15 is 0 Å². The van der Waals surface area contributed by atoms with Gasteiger partial charge in [0.1, 0.15) is 5.75 Å². The van der Waals surface area contributed by atoms with Gasteiger partial charge in [0.2, 0.25) is 0 Å². The minimum atomic E-state index is 0. The first kappa shape index (κ1) is 26.4. The molecule has 1 fully saturated rings. The van der Waals surface area contributed by atoms with Crippen molar-refractivity contribution in [1.82, 2.24) is 15.5 Å². The van der Waals surface area contributed by atoms with Crippen molar-refractivity contribution in [1.29, 1.82) is 0 Å². The number of methoxy groups -OCH3 is 1. The largest absolute Gasteiger partial charge is 0.497 e. The Morgan fingerprint density at radius 3 is 2.50 bits per heavy atom. The van der Waals surface area contributed by atoms with Gasteiger partial charge in [-0.15, -0.1) is 24.0 Å². The third-order valence-corrected chi connectivity index (χ3v) is 5.57. The molecule has 0 aromatic heterocycles. The van der Waals surface area contributed by atoms with Crippen LogP contribution in [0.5, 0.6) is 5.75 Å². The van der Waals surface area contributed by atoms with Crippen molar-refractivity contribution >= 4 is 29.9 Å². The van der Waals surface area contributed by atoms with Crippen LogP contribution in [0.1, 0.15) is 30.4 Å². The van der Waals surface area contributed by atoms with Gasteiger partial charge in [-0.25, -0.2) is 0 Å². The normalized spacial score (nSPS) is 15.1. The van der Waals surface area contributed by atoms with Crippen LogP contribution in [-0.4, -0.2) is 57.4 Å². The molecule has 0 radical (unpaired) electrons. The van der Waals surface area contributed by atoms with Crippen molar-refractivity contribution in [2.45, 2.75) is 38.5 Å². The van der Waals surface area contributed by atoms with Gasteiger partial charge in [-0.05, 0) is 42.5 Å². The van der Waals surface area contributed by atoms with Crippen molar-refractivity contribution in [2.75, 3.05) is 40.4 Å². The lowest BCUT2D eigenvalue weighted by molar-refractivity contribution is 0.00534. The Kier molecular flexibility index (Phi) is 12.4. The molecule has 1 saturated heterocycles. The van der Waals surface area contributed by atoms with E-state index in [4.69, 9.17) is 9.47 Å². The van der Waals surface area contributed by atoms with Crippen LogP contribution in [0.4, 0.5) is 0 Å².